The molecule has 0 spiro atoms. The molecule has 2 amide bonds. The zero-order valence-electron chi connectivity index (χ0n) is 12.8. The third-order valence-electron chi connectivity index (χ3n) is 4.11. The third kappa shape index (κ3) is 4.17. The maximum atomic E-state index is 12.4. The summed E-state index contributed by atoms with van der Waals surface area (Å²) >= 11 is 0. The van der Waals surface area contributed by atoms with E-state index in [-0.39, 0.29) is 11.8 Å². The molecule has 1 heterocycles. The third-order valence-corrected chi connectivity index (χ3v) is 4.11. The molecule has 0 saturated carbocycles. The van der Waals surface area contributed by atoms with Crippen molar-refractivity contribution in [3.8, 4) is 0 Å². The van der Waals surface area contributed by atoms with Gasteiger partial charge in [-0.3, -0.25) is 14.4 Å². The molecule has 4 atom stereocenters. The first-order valence-electron chi connectivity index (χ1n) is 7.38. The van der Waals surface area contributed by atoms with Crippen molar-refractivity contribution in [2.75, 3.05) is 6.54 Å². The molecule has 1 aliphatic heterocycles. The predicted octanol–water partition coefficient (Wildman–Crippen LogP) is -0.0599. The highest BCUT2D eigenvalue weighted by Gasteiger charge is 2.37. The number of amides is 2. The molecule has 0 aromatic carbocycles. The van der Waals surface area contributed by atoms with Crippen molar-refractivity contribution in [1.82, 2.24) is 10.2 Å². The van der Waals surface area contributed by atoms with Crippen molar-refractivity contribution in [3.05, 3.63) is 0 Å². The first kappa shape index (κ1) is 17.4. The van der Waals surface area contributed by atoms with Gasteiger partial charge in [0.2, 0.25) is 11.8 Å². The SMILES string of the molecule is CC[C@H](C)[C@H](N)C(=O)N1CCC[C@H]1C(=O)N[C@@H](C)C(=O)O. The van der Waals surface area contributed by atoms with Gasteiger partial charge in [-0.25, -0.2) is 0 Å². The summed E-state index contributed by atoms with van der Waals surface area (Å²) in [5.41, 5.74) is 5.95. The quantitative estimate of drug-likeness (QED) is 0.636. The Morgan fingerprint density at radius 2 is 2.00 bits per heavy atom. The molecule has 0 aliphatic carbocycles. The van der Waals surface area contributed by atoms with Crippen molar-refractivity contribution in [2.45, 2.75) is 58.2 Å². The van der Waals surface area contributed by atoms with Crippen molar-refractivity contribution in [1.29, 1.82) is 0 Å². The number of carbonyl (C=O) groups is 3. The predicted molar refractivity (Wildman–Crippen MR) is 77.4 cm³/mol. The van der Waals surface area contributed by atoms with Crippen LogP contribution in [-0.2, 0) is 14.4 Å². The maximum Gasteiger partial charge on any atom is 0.325 e. The van der Waals surface area contributed by atoms with Gasteiger partial charge < -0.3 is 21.1 Å². The van der Waals surface area contributed by atoms with Gasteiger partial charge >= 0.3 is 5.97 Å². The lowest BCUT2D eigenvalue weighted by Gasteiger charge is -2.29. The van der Waals surface area contributed by atoms with Gasteiger partial charge in [0.25, 0.3) is 0 Å². The van der Waals surface area contributed by atoms with Crippen LogP contribution in [0, 0.1) is 5.92 Å². The molecular weight excluding hydrogens is 274 g/mol. The normalized spacial score (nSPS) is 22.5. The molecule has 1 saturated heterocycles. The standard InChI is InChI=1S/C14H25N3O4/c1-4-8(2)11(15)13(19)17-7-5-6-10(17)12(18)16-9(3)14(20)21/h8-11H,4-7,15H2,1-3H3,(H,16,18)(H,20,21)/t8-,9-,10-,11-/m0/s1. The minimum atomic E-state index is -1.10. The summed E-state index contributed by atoms with van der Waals surface area (Å²) < 4.78 is 0. The first-order valence-corrected chi connectivity index (χ1v) is 7.38. The van der Waals surface area contributed by atoms with Gasteiger partial charge in [-0.15, -0.1) is 0 Å². The second-order valence-corrected chi connectivity index (χ2v) is 5.67. The van der Waals surface area contributed by atoms with E-state index in [4.69, 9.17) is 10.8 Å². The molecule has 0 aromatic rings. The zero-order valence-corrected chi connectivity index (χ0v) is 12.8. The molecular formula is C14H25N3O4. The fraction of sp³-hybridized carbons (Fsp3) is 0.786. The molecule has 1 aliphatic rings. The smallest absolute Gasteiger partial charge is 0.325 e. The maximum absolute atomic E-state index is 12.4. The van der Waals surface area contributed by atoms with E-state index in [9.17, 15) is 14.4 Å². The van der Waals surface area contributed by atoms with E-state index < -0.39 is 30.0 Å². The van der Waals surface area contributed by atoms with Crippen LogP contribution >= 0.6 is 0 Å². The van der Waals surface area contributed by atoms with E-state index in [0.29, 0.717) is 13.0 Å². The summed E-state index contributed by atoms with van der Waals surface area (Å²) in [5, 5.41) is 11.2. The number of likely N-dealkylation sites (tertiary alicyclic amines) is 1. The molecule has 21 heavy (non-hydrogen) atoms. The van der Waals surface area contributed by atoms with Gasteiger partial charge in [-0.05, 0) is 25.7 Å². The van der Waals surface area contributed by atoms with E-state index >= 15 is 0 Å². The highest BCUT2D eigenvalue weighted by molar-refractivity contribution is 5.92. The van der Waals surface area contributed by atoms with E-state index in [0.717, 1.165) is 12.8 Å². The van der Waals surface area contributed by atoms with Crippen LogP contribution in [-0.4, -0.2) is 52.5 Å². The van der Waals surface area contributed by atoms with Gasteiger partial charge in [-0.2, -0.15) is 0 Å². The van der Waals surface area contributed by atoms with Crippen LogP contribution in [0.5, 0.6) is 0 Å². The summed E-state index contributed by atoms with van der Waals surface area (Å²) in [6.07, 6.45) is 2.04. The lowest BCUT2D eigenvalue weighted by molar-refractivity contribution is -0.144. The Balaban J connectivity index is 2.72. The summed E-state index contributed by atoms with van der Waals surface area (Å²) in [6.45, 7) is 5.75. The van der Waals surface area contributed by atoms with Gasteiger partial charge in [-0.1, -0.05) is 20.3 Å². The van der Waals surface area contributed by atoms with Gasteiger partial charge in [0.05, 0.1) is 6.04 Å². The molecule has 0 radical (unpaired) electrons. The van der Waals surface area contributed by atoms with E-state index in [1.807, 2.05) is 13.8 Å². The Kier molecular flexibility index (Phi) is 6.14. The molecule has 7 nitrogen and oxygen atoms in total. The van der Waals surface area contributed by atoms with Crippen LogP contribution in [0.2, 0.25) is 0 Å². The molecule has 7 heteroatoms. The molecule has 120 valence electrons. The van der Waals surface area contributed by atoms with Crippen LogP contribution in [0.15, 0.2) is 0 Å². The summed E-state index contributed by atoms with van der Waals surface area (Å²) in [4.78, 5) is 36.8. The second-order valence-electron chi connectivity index (χ2n) is 5.67. The van der Waals surface area contributed by atoms with Crippen LogP contribution in [0.25, 0.3) is 0 Å². The molecule has 1 rings (SSSR count). The Morgan fingerprint density at radius 1 is 1.38 bits per heavy atom. The molecule has 0 aromatic heterocycles. The number of nitrogens with two attached hydrogens (primary N) is 1. The highest BCUT2D eigenvalue weighted by atomic mass is 16.4. The summed E-state index contributed by atoms with van der Waals surface area (Å²) in [5.74, 6) is -1.72. The first-order chi connectivity index (χ1) is 9.79. The number of hydrogen-bond acceptors (Lipinski definition) is 4. The van der Waals surface area contributed by atoms with Crippen molar-refractivity contribution >= 4 is 17.8 Å². The topological polar surface area (TPSA) is 113 Å². The number of aliphatic carboxylic acids is 1. The van der Waals surface area contributed by atoms with Crippen molar-refractivity contribution in [3.63, 3.8) is 0 Å². The second kappa shape index (κ2) is 7.40. The summed E-state index contributed by atoms with van der Waals surface area (Å²) in [7, 11) is 0. The number of nitrogens with one attached hydrogen (secondary N) is 1. The molecule has 1 fully saturated rings. The van der Waals surface area contributed by atoms with Crippen LogP contribution in [0.4, 0.5) is 0 Å². The number of hydrogen-bond donors (Lipinski definition) is 3. The lowest BCUT2D eigenvalue weighted by atomic mass is 9.98. The minimum absolute atomic E-state index is 0.0414. The fourth-order valence-electron chi connectivity index (χ4n) is 2.36. The molecule has 4 N–H and O–H groups in total. The zero-order chi connectivity index (χ0) is 16.2. The number of carboxylic acids is 1. The van der Waals surface area contributed by atoms with E-state index in [2.05, 4.69) is 5.32 Å². The van der Waals surface area contributed by atoms with Crippen LogP contribution in [0.3, 0.4) is 0 Å². The van der Waals surface area contributed by atoms with Crippen molar-refractivity contribution in [2.24, 2.45) is 11.7 Å². The van der Waals surface area contributed by atoms with Gasteiger partial charge in [0, 0.05) is 6.54 Å². The Labute approximate surface area is 124 Å². The highest BCUT2D eigenvalue weighted by Crippen LogP contribution is 2.20. The number of carboxylic acid groups (broad SMARTS) is 1. The minimum Gasteiger partial charge on any atom is -0.480 e. The Hall–Kier alpha value is -1.63. The average Bonchev–Trinajstić information content (AvgIpc) is 2.93. The lowest BCUT2D eigenvalue weighted by Crippen LogP contribution is -2.54. The number of rotatable bonds is 6. The number of carbonyl (C=O) groups excluding carboxylic acids is 2. The molecule has 0 bridgehead atoms. The monoisotopic (exact) mass is 299 g/mol. The largest absolute Gasteiger partial charge is 0.480 e. The Morgan fingerprint density at radius 3 is 2.52 bits per heavy atom. The van der Waals surface area contributed by atoms with Gasteiger partial charge in [0.15, 0.2) is 0 Å². The fourth-order valence-corrected chi connectivity index (χ4v) is 2.36. The van der Waals surface area contributed by atoms with Gasteiger partial charge in [0.1, 0.15) is 12.1 Å². The van der Waals surface area contributed by atoms with E-state index in [1.165, 1.54) is 11.8 Å². The average molecular weight is 299 g/mol. The van der Waals surface area contributed by atoms with Crippen molar-refractivity contribution < 1.29 is 19.5 Å². The molecule has 0 unspecified atom stereocenters. The Bertz CT molecular complexity index is 413. The van der Waals surface area contributed by atoms with E-state index in [1.54, 1.807) is 0 Å². The van der Waals surface area contributed by atoms with Crippen LogP contribution < -0.4 is 11.1 Å². The van der Waals surface area contributed by atoms with Crippen LogP contribution in [0.1, 0.15) is 40.0 Å². The summed E-state index contributed by atoms with van der Waals surface area (Å²) in [6, 6.07) is -2.21. The number of nitrogens with zero attached hydrogens (tertiary/aromatic N) is 1.